The molecule has 0 radical (unpaired) electrons. The lowest BCUT2D eigenvalue weighted by Gasteiger charge is -2.26. The van der Waals surface area contributed by atoms with Gasteiger partial charge in [0.25, 0.3) is 0 Å². The third-order valence-electron chi connectivity index (χ3n) is 4.20. The fourth-order valence-corrected chi connectivity index (χ4v) is 4.17. The number of benzene rings is 2. The number of morpholine rings is 1. The molecule has 2 N–H and O–H groups in total. The number of carbonyl (C=O) groups excluding carboxylic acids is 1. The first kappa shape index (κ1) is 21.1. The molecule has 2 aromatic carbocycles. The number of nitrogens with one attached hydrogen (secondary N) is 2. The highest BCUT2D eigenvalue weighted by molar-refractivity contribution is 7.89. The molecule has 3 rings (SSSR count). The van der Waals surface area contributed by atoms with Gasteiger partial charge in [0.05, 0.1) is 30.3 Å². The van der Waals surface area contributed by atoms with Crippen molar-refractivity contribution in [1.29, 1.82) is 0 Å². The number of sulfonamides is 1. The highest BCUT2D eigenvalue weighted by atomic mass is 32.2. The van der Waals surface area contributed by atoms with E-state index in [4.69, 9.17) is 4.74 Å². The van der Waals surface area contributed by atoms with E-state index in [0.29, 0.717) is 13.2 Å². The number of nitrogens with zero attached hydrogens (tertiary/aromatic N) is 1. The van der Waals surface area contributed by atoms with Crippen molar-refractivity contribution in [2.24, 2.45) is 0 Å². The van der Waals surface area contributed by atoms with Crippen molar-refractivity contribution < 1.29 is 31.1 Å². The number of hydrogen-bond donors (Lipinski definition) is 2. The molecule has 0 aliphatic carbocycles. The Labute approximate surface area is 165 Å². The van der Waals surface area contributed by atoms with Crippen LogP contribution < -0.4 is 10.6 Å². The van der Waals surface area contributed by atoms with Crippen LogP contribution in [0.25, 0.3) is 0 Å². The van der Waals surface area contributed by atoms with Gasteiger partial charge >= 0.3 is 0 Å². The molecule has 2 aromatic rings. The molecule has 0 spiro atoms. The molecule has 1 aliphatic heterocycles. The summed E-state index contributed by atoms with van der Waals surface area (Å²) in [7, 11) is -3.73. The largest absolute Gasteiger partial charge is 0.379 e. The fraction of sp³-hybridized carbons (Fsp3) is 0.278. The predicted molar refractivity (Wildman–Crippen MR) is 99.5 cm³/mol. The SMILES string of the molecule is O=C(CNc1ccc(F)c(F)c1F)Nc1cccc(S(=O)(=O)N2CCOCC2)c1. The second-order valence-corrected chi connectivity index (χ2v) is 8.11. The Morgan fingerprint density at radius 1 is 1.07 bits per heavy atom. The molecule has 1 amide bonds. The molecular weight excluding hydrogens is 411 g/mol. The third-order valence-corrected chi connectivity index (χ3v) is 6.09. The first-order chi connectivity index (χ1) is 13.8. The van der Waals surface area contributed by atoms with Crippen molar-refractivity contribution >= 4 is 27.3 Å². The van der Waals surface area contributed by atoms with Crippen molar-refractivity contribution in [3.05, 3.63) is 53.8 Å². The number of amides is 1. The van der Waals surface area contributed by atoms with E-state index in [0.717, 1.165) is 12.1 Å². The molecule has 1 aliphatic rings. The van der Waals surface area contributed by atoms with E-state index in [1.54, 1.807) is 0 Å². The van der Waals surface area contributed by atoms with Gasteiger partial charge in [-0.05, 0) is 30.3 Å². The number of halogens is 3. The summed E-state index contributed by atoms with van der Waals surface area (Å²) in [5.74, 6) is -5.04. The van der Waals surface area contributed by atoms with Crippen LogP contribution in [-0.4, -0.2) is 51.5 Å². The zero-order chi connectivity index (χ0) is 21.0. The van der Waals surface area contributed by atoms with Gasteiger partial charge < -0.3 is 15.4 Å². The number of carbonyl (C=O) groups is 1. The summed E-state index contributed by atoms with van der Waals surface area (Å²) >= 11 is 0. The van der Waals surface area contributed by atoms with Gasteiger partial charge in [-0.25, -0.2) is 21.6 Å². The number of anilines is 2. The summed E-state index contributed by atoms with van der Waals surface area (Å²) in [5.41, 5.74) is -0.153. The quantitative estimate of drug-likeness (QED) is 0.688. The lowest BCUT2D eigenvalue weighted by atomic mass is 10.2. The van der Waals surface area contributed by atoms with Crippen LogP contribution in [0.4, 0.5) is 24.5 Å². The van der Waals surface area contributed by atoms with Crippen molar-refractivity contribution in [2.45, 2.75) is 4.90 Å². The summed E-state index contributed by atoms with van der Waals surface area (Å²) in [6.45, 7) is 0.650. The predicted octanol–water partition coefficient (Wildman–Crippen LogP) is 2.18. The zero-order valence-corrected chi connectivity index (χ0v) is 15.9. The molecule has 1 heterocycles. The monoisotopic (exact) mass is 429 g/mol. The van der Waals surface area contributed by atoms with Gasteiger partial charge in [-0.15, -0.1) is 0 Å². The maximum atomic E-state index is 13.6. The van der Waals surface area contributed by atoms with E-state index < -0.39 is 39.9 Å². The normalized spacial score (nSPS) is 15.1. The van der Waals surface area contributed by atoms with Gasteiger partial charge in [-0.1, -0.05) is 6.07 Å². The summed E-state index contributed by atoms with van der Waals surface area (Å²) in [5, 5.41) is 4.84. The van der Waals surface area contributed by atoms with Crippen molar-refractivity contribution in [3.8, 4) is 0 Å². The Morgan fingerprint density at radius 2 is 1.79 bits per heavy atom. The molecule has 7 nitrogen and oxygen atoms in total. The Balaban J connectivity index is 1.65. The van der Waals surface area contributed by atoms with E-state index in [1.165, 1.54) is 28.6 Å². The van der Waals surface area contributed by atoms with Gasteiger partial charge in [-0.2, -0.15) is 4.31 Å². The van der Waals surface area contributed by atoms with Crippen LogP contribution in [0.3, 0.4) is 0 Å². The molecule has 0 bridgehead atoms. The van der Waals surface area contributed by atoms with Gasteiger partial charge in [0.2, 0.25) is 15.9 Å². The van der Waals surface area contributed by atoms with Crippen LogP contribution >= 0.6 is 0 Å². The van der Waals surface area contributed by atoms with Gasteiger partial charge in [-0.3, -0.25) is 4.79 Å². The molecule has 1 saturated heterocycles. The topological polar surface area (TPSA) is 87.7 Å². The molecule has 29 heavy (non-hydrogen) atoms. The first-order valence-corrected chi connectivity index (χ1v) is 10.1. The zero-order valence-electron chi connectivity index (χ0n) is 15.1. The molecule has 156 valence electrons. The van der Waals surface area contributed by atoms with Crippen LogP contribution in [0.5, 0.6) is 0 Å². The average Bonchev–Trinajstić information content (AvgIpc) is 2.72. The van der Waals surface area contributed by atoms with Crippen LogP contribution in [0.2, 0.25) is 0 Å². The Kier molecular flexibility index (Phi) is 6.40. The van der Waals surface area contributed by atoms with Crippen LogP contribution in [0, 0.1) is 17.5 Å². The van der Waals surface area contributed by atoms with Gasteiger partial charge in [0.1, 0.15) is 0 Å². The molecular formula is C18H18F3N3O4S. The molecule has 0 saturated carbocycles. The van der Waals surface area contributed by atoms with E-state index in [9.17, 15) is 26.4 Å². The van der Waals surface area contributed by atoms with Crippen LogP contribution in [0.1, 0.15) is 0 Å². The third kappa shape index (κ3) is 4.86. The van der Waals surface area contributed by atoms with Crippen LogP contribution in [0.15, 0.2) is 41.3 Å². The maximum absolute atomic E-state index is 13.6. The van der Waals surface area contributed by atoms with E-state index in [-0.39, 0.29) is 29.4 Å². The highest BCUT2D eigenvalue weighted by Crippen LogP contribution is 2.21. The Morgan fingerprint density at radius 3 is 2.52 bits per heavy atom. The van der Waals surface area contributed by atoms with E-state index in [1.807, 2.05) is 0 Å². The van der Waals surface area contributed by atoms with Crippen molar-refractivity contribution in [3.63, 3.8) is 0 Å². The van der Waals surface area contributed by atoms with Gasteiger partial charge in [0, 0.05) is 18.8 Å². The highest BCUT2D eigenvalue weighted by Gasteiger charge is 2.26. The summed E-state index contributed by atoms with van der Waals surface area (Å²) < 4.78 is 71.5. The fourth-order valence-electron chi connectivity index (χ4n) is 2.71. The number of rotatable bonds is 6. The Hall–Kier alpha value is -2.63. The molecule has 0 atom stereocenters. The summed E-state index contributed by atoms with van der Waals surface area (Å²) in [6, 6.07) is 7.39. The molecule has 0 unspecified atom stereocenters. The van der Waals surface area contributed by atoms with E-state index >= 15 is 0 Å². The van der Waals surface area contributed by atoms with Crippen molar-refractivity contribution in [1.82, 2.24) is 4.31 Å². The molecule has 0 aromatic heterocycles. The second-order valence-electron chi connectivity index (χ2n) is 6.17. The smallest absolute Gasteiger partial charge is 0.243 e. The molecule has 11 heteroatoms. The van der Waals surface area contributed by atoms with Crippen LogP contribution in [-0.2, 0) is 19.6 Å². The maximum Gasteiger partial charge on any atom is 0.243 e. The first-order valence-electron chi connectivity index (χ1n) is 8.64. The summed E-state index contributed by atoms with van der Waals surface area (Å²) in [6.07, 6.45) is 0. The average molecular weight is 429 g/mol. The Bertz CT molecular complexity index is 1010. The second kappa shape index (κ2) is 8.80. The summed E-state index contributed by atoms with van der Waals surface area (Å²) in [4.78, 5) is 12.1. The van der Waals surface area contributed by atoms with E-state index in [2.05, 4.69) is 10.6 Å². The standard InChI is InChI=1S/C18H18F3N3O4S/c19-14-4-5-15(18(21)17(14)20)22-11-16(25)23-12-2-1-3-13(10-12)29(26,27)24-6-8-28-9-7-24/h1-5,10,22H,6-9,11H2,(H,23,25). The minimum Gasteiger partial charge on any atom is -0.379 e. The van der Waals surface area contributed by atoms with Crippen molar-refractivity contribution in [2.75, 3.05) is 43.5 Å². The van der Waals surface area contributed by atoms with Gasteiger partial charge in [0.15, 0.2) is 17.5 Å². The lowest BCUT2D eigenvalue weighted by Crippen LogP contribution is -2.40. The minimum absolute atomic E-state index is 0.0109. The molecule has 1 fully saturated rings. The number of ether oxygens (including phenoxy) is 1. The minimum atomic E-state index is -3.73. The number of hydrogen-bond acceptors (Lipinski definition) is 5. The lowest BCUT2D eigenvalue weighted by molar-refractivity contribution is -0.114.